The molecule has 0 radical (unpaired) electrons. The quantitative estimate of drug-likeness (QED) is 0.659. The summed E-state index contributed by atoms with van der Waals surface area (Å²) < 4.78 is 1.93. The number of rotatable bonds is 5. The van der Waals surface area contributed by atoms with E-state index in [2.05, 4.69) is 67.7 Å². The lowest BCUT2D eigenvalue weighted by Crippen LogP contribution is -2.47. The summed E-state index contributed by atoms with van der Waals surface area (Å²) in [6, 6.07) is 10.3. The molecule has 0 bridgehead atoms. The van der Waals surface area contributed by atoms with Crippen molar-refractivity contribution >= 4 is 5.96 Å². The third kappa shape index (κ3) is 5.77. The van der Waals surface area contributed by atoms with Gasteiger partial charge in [-0.1, -0.05) is 24.3 Å². The molecule has 0 atom stereocenters. The van der Waals surface area contributed by atoms with Crippen molar-refractivity contribution in [2.24, 2.45) is 4.99 Å². The van der Waals surface area contributed by atoms with Crippen molar-refractivity contribution in [2.45, 2.75) is 46.3 Å². The van der Waals surface area contributed by atoms with E-state index < -0.39 is 0 Å². The van der Waals surface area contributed by atoms with Gasteiger partial charge in [-0.15, -0.1) is 0 Å². The molecular weight excluding hydrogens is 286 g/mol. The summed E-state index contributed by atoms with van der Waals surface area (Å²) in [7, 11) is 0. The maximum atomic E-state index is 4.72. The number of aliphatic imine (C=N–C) groups is 1. The van der Waals surface area contributed by atoms with Crippen LogP contribution in [0.4, 0.5) is 0 Å². The maximum Gasteiger partial charge on any atom is 0.191 e. The second-order valence-electron chi connectivity index (χ2n) is 6.54. The highest BCUT2D eigenvalue weighted by Gasteiger charge is 2.11. The van der Waals surface area contributed by atoms with Gasteiger partial charge in [-0.3, -0.25) is 4.68 Å². The monoisotopic (exact) mass is 313 g/mol. The van der Waals surface area contributed by atoms with Crippen molar-refractivity contribution in [3.05, 3.63) is 53.9 Å². The molecule has 0 unspecified atom stereocenters. The zero-order valence-electron chi connectivity index (χ0n) is 14.5. The first kappa shape index (κ1) is 17.1. The smallest absolute Gasteiger partial charge is 0.191 e. The lowest BCUT2D eigenvalue weighted by atomic mass is 10.1. The van der Waals surface area contributed by atoms with Crippen molar-refractivity contribution in [1.29, 1.82) is 0 Å². The van der Waals surface area contributed by atoms with Crippen LogP contribution in [0.25, 0.3) is 0 Å². The summed E-state index contributed by atoms with van der Waals surface area (Å²) in [5, 5.41) is 11.0. The van der Waals surface area contributed by atoms with Crippen molar-refractivity contribution in [1.82, 2.24) is 20.4 Å². The Morgan fingerprint density at radius 2 is 1.91 bits per heavy atom. The molecule has 1 heterocycles. The Balaban J connectivity index is 2.13. The number of hydrogen-bond acceptors (Lipinski definition) is 2. The van der Waals surface area contributed by atoms with Crippen LogP contribution >= 0.6 is 0 Å². The van der Waals surface area contributed by atoms with E-state index in [0.717, 1.165) is 19.0 Å². The van der Waals surface area contributed by atoms with Gasteiger partial charge < -0.3 is 10.6 Å². The van der Waals surface area contributed by atoms with E-state index in [1.165, 1.54) is 11.1 Å². The van der Waals surface area contributed by atoms with Crippen LogP contribution < -0.4 is 10.6 Å². The minimum absolute atomic E-state index is 0.0183. The number of aromatic nitrogens is 2. The first-order chi connectivity index (χ1) is 11.0. The molecule has 0 amide bonds. The van der Waals surface area contributed by atoms with E-state index in [1.54, 1.807) is 6.20 Å². The second kappa shape index (κ2) is 7.81. The van der Waals surface area contributed by atoms with Gasteiger partial charge >= 0.3 is 0 Å². The number of nitrogens with one attached hydrogen (secondary N) is 2. The first-order valence-corrected chi connectivity index (χ1v) is 8.08. The van der Waals surface area contributed by atoms with Gasteiger partial charge in [0, 0.05) is 24.5 Å². The molecule has 5 heteroatoms. The van der Waals surface area contributed by atoms with E-state index in [4.69, 9.17) is 4.99 Å². The summed E-state index contributed by atoms with van der Waals surface area (Å²) in [5.41, 5.74) is 2.44. The Hall–Kier alpha value is -2.30. The first-order valence-electron chi connectivity index (χ1n) is 8.08. The number of benzene rings is 1. The highest BCUT2D eigenvalue weighted by atomic mass is 15.3. The molecule has 0 fully saturated rings. The van der Waals surface area contributed by atoms with Crippen LogP contribution in [0.15, 0.2) is 47.7 Å². The zero-order chi connectivity index (χ0) is 16.7. The maximum absolute atomic E-state index is 4.72. The molecule has 23 heavy (non-hydrogen) atoms. The Labute approximate surface area is 138 Å². The fraction of sp³-hybridized carbons (Fsp3) is 0.444. The molecule has 0 aliphatic heterocycles. The summed E-state index contributed by atoms with van der Waals surface area (Å²) in [5.74, 6) is 0.842. The lowest BCUT2D eigenvalue weighted by Gasteiger charge is -2.23. The third-order valence-corrected chi connectivity index (χ3v) is 3.26. The van der Waals surface area contributed by atoms with Gasteiger partial charge in [0.05, 0.1) is 13.1 Å². The molecule has 0 saturated heterocycles. The molecule has 1 aromatic heterocycles. The van der Waals surface area contributed by atoms with Gasteiger partial charge in [0.1, 0.15) is 0 Å². The number of hydrogen-bond donors (Lipinski definition) is 2. The summed E-state index contributed by atoms with van der Waals surface area (Å²) >= 11 is 0. The third-order valence-electron chi connectivity index (χ3n) is 3.26. The number of guanidine groups is 1. The van der Waals surface area contributed by atoms with E-state index in [-0.39, 0.29) is 5.54 Å². The molecule has 124 valence electrons. The lowest BCUT2D eigenvalue weighted by molar-refractivity contribution is 0.501. The summed E-state index contributed by atoms with van der Waals surface area (Å²) in [4.78, 5) is 4.72. The fourth-order valence-corrected chi connectivity index (χ4v) is 2.26. The van der Waals surface area contributed by atoms with Crippen molar-refractivity contribution in [2.75, 3.05) is 6.54 Å². The predicted molar refractivity (Wildman–Crippen MR) is 95.5 cm³/mol. The highest BCUT2D eigenvalue weighted by Crippen LogP contribution is 2.12. The molecule has 0 aliphatic rings. The second-order valence-corrected chi connectivity index (χ2v) is 6.54. The SMILES string of the molecule is CCNC(=NCc1ccccc1Cn1cccn1)NC(C)(C)C. The van der Waals surface area contributed by atoms with Crippen molar-refractivity contribution in [3.8, 4) is 0 Å². The molecule has 0 saturated carbocycles. The molecule has 5 nitrogen and oxygen atoms in total. The standard InChI is InChI=1S/C18H27N5/c1-5-19-17(22-18(2,3)4)20-13-15-9-6-7-10-16(15)14-23-12-8-11-21-23/h6-12H,5,13-14H2,1-4H3,(H2,19,20,22). The van der Waals surface area contributed by atoms with Gasteiger partial charge in [0.2, 0.25) is 0 Å². The molecule has 1 aromatic carbocycles. The van der Waals surface area contributed by atoms with Crippen molar-refractivity contribution < 1.29 is 0 Å². The van der Waals surface area contributed by atoms with Crippen LogP contribution in [-0.4, -0.2) is 27.8 Å². The Bertz CT molecular complexity index is 623. The van der Waals surface area contributed by atoms with E-state index >= 15 is 0 Å². The average Bonchev–Trinajstić information content (AvgIpc) is 2.98. The van der Waals surface area contributed by atoms with Gasteiger partial charge in [-0.25, -0.2) is 4.99 Å². The van der Waals surface area contributed by atoms with E-state index in [1.807, 2.05) is 16.9 Å². The largest absolute Gasteiger partial charge is 0.357 e. The van der Waals surface area contributed by atoms with Crippen LogP contribution in [0.1, 0.15) is 38.8 Å². The normalized spacial score (nSPS) is 12.3. The molecule has 2 rings (SSSR count). The molecule has 0 spiro atoms. The summed E-state index contributed by atoms with van der Waals surface area (Å²) in [6.45, 7) is 10.7. The molecule has 2 aromatic rings. The van der Waals surface area contributed by atoms with Crippen LogP contribution in [-0.2, 0) is 13.1 Å². The fourth-order valence-electron chi connectivity index (χ4n) is 2.26. The highest BCUT2D eigenvalue weighted by molar-refractivity contribution is 5.80. The minimum atomic E-state index is -0.0183. The molecule has 2 N–H and O–H groups in total. The van der Waals surface area contributed by atoms with Crippen LogP contribution in [0, 0.1) is 0 Å². The molecular formula is C18H27N5. The Morgan fingerprint density at radius 3 is 2.52 bits per heavy atom. The van der Waals surface area contributed by atoms with Crippen LogP contribution in [0.5, 0.6) is 0 Å². The van der Waals surface area contributed by atoms with Crippen molar-refractivity contribution in [3.63, 3.8) is 0 Å². The van der Waals surface area contributed by atoms with Crippen LogP contribution in [0.3, 0.4) is 0 Å². The van der Waals surface area contributed by atoms with E-state index in [0.29, 0.717) is 6.54 Å². The summed E-state index contributed by atoms with van der Waals surface area (Å²) in [6.07, 6.45) is 3.78. The predicted octanol–water partition coefficient (Wildman–Crippen LogP) is 2.79. The topological polar surface area (TPSA) is 54.2 Å². The minimum Gasteiger partial charge on any atom is -0.357 e. The van der Waals surface area contributed by atoms with E-state index in [9.17, 15) is 0 Å². The average molecular weight is 313 g/mol. The van der Waals surface area contributed by atoms with Crippen LogP contribution in [0.2, 0.25) is 0 Å². The van der Waals surface area contributed by atoms with Gasteiger partial charge in [-0.2, -0.15) is 5.10 Å². The van der Waals surface area contributed by atoms with Gasteiger partial charge in [0.25, 0.3) is 0 Å². The zero-order valence-corrected chi connectivity index (χ0v) is 14.5. The van der Waals surface area contributed by atoms with Gasteiger partial charge in [-0.05, 0) is 44.9 Å². The number of nitrogens with zero attached hydrogens (tertiary/aromatic N) is 3. The molecule has 0 aliphatic carbocycles. The Morgan fingerprint density at radius 1 is 1.17 bits per heavy atom. The Kier molecular flexibility index (Phi) is 5.79. The van der Waals surface area contributed by atoms with Gasteiger partial charge in [0.15, 0.2) is 5.96 Å².